The lowest BCUT2D eigenvalue weighted by Gasteiger charge is -2.25. The first-order valence-corrected chi connectivity index (χ1v) is 8.63. The van der Waals surface area contributed by atoms with E-state index >= 15 is 0 Å². The highest BCUT2D eigenvalue weighted by molar-refractivity contribution is 7.14. The summed E-state index contributed by atoms with van der Waals surface area (Å²) in [5.74, 6) is -0.0251. The van der Waals surface area contributed by atoms with E-state index in [1.807, 2.05) is 36.6 Å². The molecule has 0 radical (unpaired) electrons. The lowest BCUT2D eigenvalue weighted by molar-refractivity contribution is -0.115. The Kier molecular flexibility index (Phi) is 5.05. The van der Waals surface area contributed by atoms with Crippen molar-refractivity contribution < 1.29 is 9.53 Å². The highest BCUT2D eigenvalue weighted by Gasteiger charge is 2.19. The normalized spacial score (nSPS) is 15.6. The third kappa shape index (κ3) is 3.96. The van der Waals surface area contributed by atoms with Gasteiger partial charge in [-0.1, -0.05) is 12.1 Å². The quantitative estimate of drug-likeness (QED) is 0.864. The fourth-order valence-corrected chi connectivity index (χ4v) is 3.53. The number of hydrogen-bond acceptors (Lipinski definition) is 5. The summed E-state index contributed by atoms with van der Waals surface area (Å²) >= 11 is 1.51. The van der Waals surface area contributed by atoms with E-state index < -0.39 is 0 Å². The molecule has 1 saturated heterocycles. The number of amides is 1. The van der Waals surface area contributed by atoms with Crippen molar-refractivity contribution in [3.8, 4) is 0 Å². The van der Waals surface area contributed by atoms with Crippen LogP contribution in [0.15, 0.2) is 29.6 Å². The lowest BCUT2D eigenvalue weighted by atomic mass is 10.2. The standard InChI is InChI=1S/C17H21N3O2S/c1-13-4-3-5-16(10-13)20(14(2)21)17-18-15(12-23-17)11-19-6-8-22-9-7-19/h3-5,10,12H,6-9,11H2,1-2H3. The molecule has 2 heterocycles. The third-order valence-electron chi connectivity index (χ3n) is 3.79. The maximum atomic E-state index is 12.1. The summed E-state index contributed by atoms with van der Waals surface area (Å²) in [5, 5.41) is 2.77. The van der Waals surface area contributed by atoms with Crippen LogP contribution in [0.25, 0.3) is 0 Å². The molecule has 0 atom stereocenters. The van der Waals surface area contributed by atoms with Gasteiger partial charge in [-0.25, -0.2) is 4.98 Å². The Labute approximate surface area is 140 Å². The number of nitrogens with zero attached hydrogens (tertiary/aromatic N) is 3. The molecule has 0 unspecified atom stereocenters. The van der Waals surface area contributed by atoms with Crippen molar-refractivity contribution in [1.82, 2.24) is 9.88 Å². The number of benzene rings is 1. The second kappa shape index (κ2) is 7.21. The molecule has 1 aromatic carbocycles. The number of carbonyl (C=O) groups excluding carboxylic acids is 1. The lowest BCUT2D eigenvalue weighted by Crippen LogP contribution is -2.35. The topological polar surface area (TPSA) is 45.7 Å². The minimum absolute atomic E-state index is 0.0251. The number of carbonyl (C=O) groups is 1. The van der Waals surface area contributed by atoms with Crippen molar-refractivity contribution in [3.05, 3.63) is 40.9 Å². The van der Waals surface area contributed by atoms with Gasteiger partial charge in [0.05, 0.1) is 24.6 Å². The van der Waals surface area contributed by atoms with Crippen molar-refractivity contribution in [1.29, 1.82) is 0 Å². The number of thiazole rings is 1. The van der Waals surface area contributed by atoms with Gasteiger partial charge in [-0.05, 0) is 24.6 Å². The number of aryl methyl sites for hydroxylation is 1. The Bertz CT molecular complexity index is 680. The Morgan fingerprint density at radius 1 is 1.39 bits per heavy atom. The van der Waals surface area contributed by atoms with Crippen LogP contribution in [0.3, 0.4) is 0 Å². The summed E-state index contributed by atoms with van der Waals surface area (Å²) in [5.41, 5.74) is 2.99. The Morgan fingerprint density at radius 3 is 2.87 bits per heavy atom. The van der Waals surface area contributed by atoms with E-state index in [1.165, 1.54) is 11.3 Å². The molecule has 0 saturated carbocycles. The van der Waals surface area contributed by atoms with Gasteiger partial charge in [-0.3, -0.25) is 14.6 Å². The highest BCUT2D eigenvalue weighted by Crippen LogP contribution is 2.29. The van der Waals surface area contributed by atoms with Crippen molar-refractivity contribution >= 4 is 28.1 Å². The number of morpholine rings is 1. The summed E-state index contributed by atoms with van der Waals surface area (Å²) in [4.78, 5) is 20.8. The van der Waals surface area contributed by atoms with Crippen LogP contribution in [0.4, 0.5) is 10.8 Å². The van der Waals surface area contributed by atoms with Crippen LogP contribution >= 0.6 is 11.3 Å². The van der Waals surface area contributed by atoms with E-state index in [4.69, 9.17) is 4.74 Å². The van der Waals surface area contributed by atoms with Gasteiger partial charge in [0.15, 0.2) is 5.13 Å². The predicted octanol–water partition coefficient (Wildman–Crippen LogP) is 2.97. The molecule has 0 spiro atoms. The first-order valence-electron chi connectivity index (χ1n) is 7.75. The SMILES string of the molecule is CC(=O)N(c1cccc(C)c1)c1nc(CN2CCOCC2)cs1. The fraction of sp³-hybridized carbons (Fsp3) is 0.412. The monoisotopic (exact) mass is 331 g/mol. The summed E-state index contributed by atoms with van der Waals surface area (Å²) in [7, 11) is 0. The molecular formula is C17H21N3O2S. The second-order valence-corrected chi connectivity index (χ2v) is 6.54. The maximum Gasteiger partial charge on any atom is 0.230 e. The van der Waals surface area contributed by atoms with Gasteiger partial charge in [-0.15, -0.1) is 11.3 Å². The van der Waals surface area contributed by atoms with Crippen molar-refractivity contribution in [2.75, 3.05) is 31.2 Å². The summed E-state index contributed by atoms with van der Waals surface area (Å²) in [6.45, 7) is 7.82. The van der Waals surface area contributed by atoms with Crippen molar-refractivity contribution in [2.24, 2.45) is 0 Å². The van der Waals surface area contributed by atoms with Crippen LogP contribution in [0.5, 0.6) is 0 Å². The van der Waals surface area contributed by atoms with Gasteiger partial charge in [0.2, 0.25) is 5.91 Å². The number of ether oxygens (including phenoxy) is 1. The van der Waals surface area contributed by atoms with Gasteiger partial charge >= 0.3 is 0 Å². The van der Waals surface area contributed by atoms with E-state index in [9.17, 15) is 4.79 Å². The largest absolute Gasteiger partial charge is 0.379 e. The van der Waals surface area contributed by atoms with Crippen molar-refractivity contribution in [3.63, 3.8) is 0 Å². The molecule has 1 aromatic heterocycles. The van der Waals surface area contributed by atoms with Gasteiger partial charge in [0.1, 0.15) is 0 Å². The number of anilines is 2. The molecule has 5 nitrogen and oxygen atoms in total. The smallest absolute Gasteiger partial charge is 0.230 e. The Morgan fingerprint density at radius 2 is 2.17 bits per heavy atom. The van der Waals surface area contributed by atoms with Crippen molar-refractivity contribution in [2.45, 2.75) is 20.4 Å². The molecule has 23 heavy (non-hydrogen) atoms. The Balaban J connectivity index is 1.79. The zero-order valence-electron chi connectivity index (χ0n) is 13.5. The molecule has 0 aliphatic carbocycles. The minimum Gasteiger partial charge on any atom is -0.379 e. The second-order valence-electron chi connectivity index (χ2n) is 5.70. The average Bonchev–Trinajstić information content (AvgIpc) is 2.96. The molecule has 1 amide bonds. The van der Waals surface area contributed by atoms with Gasteiger partial charge in [0.25, 0.3) is 0 Å². The Hall–Kier alpha value is -1.76. The first-order chi connectivity index (χ1) is 11.1. The van der Waals surface area contributed by atoms with E-state index in [-0.39, 0.29) is 5.91 Å². The summed E-state index contributed by atoms with van der Waals surface area (Å²) in [6, 6.07) is 7.93. The molecule has 1 fully saturated rings. The van der Waals surface area contributed by atoms with E-state index in [2.05, 4.69) is 9.88 Å². The molecule has 3 rings (SSSR count). The number of rotatable bonds is 4. The third-order valence-corrected chi connectivity index (χ3v) is 4.67. The van der Waals surface area contributed by atoms with Crippen LogP contribution in [-0.4, -0.2) is 42.1 Å². The summed E-state index contributed by atoms with van der Waals surface area (Å²) in [6.07, 6.45) is 0. The van der Waals surface area contributed by atoms with E-state index in [0.717, 1.165) is 54.9 Å². The van der Waals surface area contributed by atoms with Crippen LogP contribution in [0.1, 0.15) is 18.2 Å². The molecule has 122 valence electrons. The first kappa shape index (κ1) is 16.1. The maximum absolute atomic E-state index is 12.1. The molecule has 2 aromatic rings. The van der Waals surface area contributed by atoms with Gasteiger partial charge in [-0.2, -0.15) is 0 Å². The van der Waals surface area contributed by atoms with Gasteiger partial charge < -0.3 is 4.74 Å². The average molecular weight is 331 g/mol. The fourth-order valence-electron chi connectivity index (χ4n) is 2.65. The number of hydrogen-bond donors (Lipinski definition) is 0. The molecule has 1 aliphatic heterocycles. The van der Waals surface area contributed by atoms with E-state index in [1.54, 1.807) is 11.8 Å². The molecule has 1 aliphatic rings. The van der Waals surface area contributed by atoms with Crippen LogP contribution in [0.2, 0.25) is 0 Å². The predicted molar refractivity (Wildman–Crippen MR) is 92.2 cm³/mol. The van der Waals surface area contributed by atoms with E-state index in [0.29, 0.717) is 0 Å². The van der Waals surface area contributed by atoms with Crippen LogP contribution in [-0.2, 0) is 16.1 Å². The molecular weight excluding hydrogens is 310 g/mol. The number of aromatic nitrogens is 1. The molecule has 0 N–H and O–H groups in total. The highest BCUT2D eigenvalue weighted by atomic mass is 32.1. The summed E-state index contributed by atoms with van der Waals surface area (Å²) < 4.78 is 5.37. The molecule has 6 heteroatoms. The zero-order valence-corrected chi connectivity index (χ0v) is 14.3. The zero-order chi connectivity index (χ0) is 16.2. The van der Waals surface area contributed by atoms with Crippen LogP contribution < -0.4 is 4.90 Å². The minimum atomic E-state index is -0.0251. The molecule has 0 bridgehead atoms. The van der Waals surface area contributed by atoms with Gasteiger partial charge in [0, 0.05) is 31.9 Å². The van der Waals surface area contributed by atoms with Crippen LogP contribution in [0, 0.1) is 6.92 Å².